The lowest BCUT2D eigenvalue weighted by molar-refractivity contribution is 0.0686. The summed E-state index contributed by atoms with van der Waals surface area (Å²) in [4.78, 5) is 23.0. The molecule has 2 aromatic rings. The van der Waals surface area contributed by atoms with Gasteiger partial charge in [-0.1, -0.05) is 18.2 Å². The van der Waals surface area contributed by atoms with Crippen molar-refractivity contribution < 1.29 is 24.5 Å². The third-order valence-corrected chi connectivity index (χ3v) is 3.10. The number of esters is 1. The first kappa shape index (κ1) is 14.6. The maximum Gasteiger partial charge on any atom is 0.347 e. The van der Waals surface area contributed by atoms with Crippen molar-refractivity contribution in [2.45, 2.75) is 13.8 Å². The SMILES string of the molecule is Cc1ccc(C(=O)O)cc1OC(=O)c1cccc(C)c1O. The van der Waals surface area contributed by atoms with Crippen LogP contribution in [0.15, 0.2) is 36.4 Å². The van der Waals surface area contributed by atoms with E-state index in [0.717, 1.165) is 0 Å². The van der Waals surface area contributed by atoms with Gasteiger partial charge in [0.1, 0.15) is 17.1 Å². The number of hydrogen-bond acceptors (Lipinski definition) is 4. The van der Waals surface area contributed by atoms with E-state index in [0.29, 0.717) is 11.1 Å². The van der Waals surface area contributed by atoms with Gasteiger partial charge >= 0.3 is 11.9 Å². The Bertz CT molecular complexity index is 719. The number of ether oxygens (including phenoxy) is 1. The van der Waals surface area contributed by atoms with E-state index in [2.05, 4.69) is 0 Å². The van der Waals surface area contributed by atoms with Gasteiger partial charge in [0.05, 0.1) is 5.56 Å². The summed E-state index contributed by atoms with van der Waals surface area (Å²) < 4.78 is 5.20. The molecule has 5 heteroatoms. The monoisotopic (exact) mass is 286 g/mol. The van der Waals surface area contributed by atoms with Crippen LogP contribution in [0.3, 0.4) is 0 Å². The van der Waals surface area contributed by atoms with Gasteiger partial charge in [0.15, 0.2) is 0 Å². The number of hydrogen-bond donors (Lipinski definition) is 2. The van der Waals surface area contributed by atoms with Crippen LogP contribution < -0.4 is 4.74 Å². The van der Waals surface area contributed by atoms with Crippen molar-refractivity contribution in [3.8, 4) is 11.5 Å². The number of aromatic carboxylic acids is 1. The zero-order valence-electron chi connectivity index (χ0n) is 11.6. The van der Waals surface area contributed by atoms with Crippen LogP contribution >= 0.6 is 0 Å². The third kappa shape index (κ3) is 3.02. The number of benzene rings is 2. The Labute approximate surface area is 121 Å². The first-order valence-electron chi connectivity index (χ1n) is 6.25. The number of phenols is 1. The molecule has 0 fully saturated rings. The van der Waals surface area contributed by atoms with Gasteiger partial charge in [-0.05, 0) is 43.2 Å². The fraction of sp³-hybridized carbons (Fsp3) is 0.125. The lowest BCUT2D eigenvalue weighted by Gasteiger charge is -2.10. The quantitative estimate of drug-likeness (QED) is 0.669. The molecule has 0 aliphatic rings. The maximum absolute atomic E-state index is 12.1. The molecule has 0 bridgehead atoms. The molecule has 0 aromatic heterocycles. The van der Waals surface area contributed by atoms with Crippen LogP contribution in [-0.2, 0) is 0 Å². The summed E-state index contributed by atoms with van der Waals surface area (Å²) in [6.07, 6.45) is 0. The second-order valence-electron chi connectivity index (χ2n) is 4.65. The largest absolute Gasteiger partial charge is 0.507 e. The number of carboxylic acids is 1. The topological polar surface area (TPSA) is 83.8 Å². The average Bonchev–Trinajstić information content (AvgIpc) is 2.43. The van der Waals surface area contributed by atoms with Gasteiger partial charge in [-0.25, -0.2) is 9.59 Å². The Hall–Kier alpha value is -2.82. The van der Waals surface area contributed by atoms with Crippen molar-refractivity contribution >= 4 is 11.9 Å². The smallest absolute Gasteiger partial charge is 0.347 e. The average molecular weight is 286 g/mol. The molecule has 0 saturated heterocycles. The number of carbonyl (C=O) groups excluding carboxylic acids is 1. The molecule has 0 spiro atoms. The number of aryl methyl sites for hydroxylation is 2. The highest BCUT2D eigenvalue weighted by atomic mass is 16.5. The van der Waals surface area contributed by atoms with Gasteiger partial charge in [-0.3, -0.25) is 0 Å². The number of phenolic OH excluding ortho intramolecular Hbond substituents is 1. The summed E-state index contributed by atoms with van der Waals surface area (Å²) >= 11 is 0. The minimum atomic E-state index is -1.11. The van der Waals surface area contributed by atoms with Crippen molar-refractivity contribution in [3.63, 3.8) is 0 Å². The van der Waals surface area contributed by atoms with Gasteiger partial charge in [0, 0.05) is 0 Å². The van der Waals surface area contributed by atoms with Crippen molar-refractivity contribution in [1.29, 1.82) is 0 Å². The first-order valence-corrected chi connectivity index (χ1v) is 6.25. The number of carbonyl (C=O) groups is 2. The molecular formula is C16H14O5. The minimum Gasteiger partial charge on any atom is -0.507 e. The third-order valence-electron chi connectivity index (χ3n) is 3.10. The number of para-hydroxylation sites is 1. The molecule has 5 nitrogen and oxygen atoms in total. The zero-order chi connectivity index (χ0) is 15.6. The summed E-state index contributed by atoms with van der Waals surface area (Å²) in [7, 11) is 0. The van der Waals surface area contributed by atoms with Crippen molar-refractivity contribution in [1.82, 2.24) is 0 Å². The molecule has 0 radical (unpaired) electrons. The summed E-state index contributed by atoms with van der Waals surface area (Å²) in [5.74, 6) is -1.83. The number of rotatable bonds is 3. The van der Waals surface area contributed by atoms with E-state index >= 15 is 0 Å². The summed E-state index contributed by atoms with van der Waals surface area (Å²) in [6, 6.07) is 9.01. The highest BCUT2D eigenvalue weighted by molar-refractivity contribution is 5.95. The molecule has 0 atom stereocenters. The molecule has 21 heavy (non-hydrogen) atoms. The molecule has 0 amide bonds. The van der Waals surface area contributed by atoms with E-state index < -0.39 is 11.9 Å². The van der Waals surface area contributed by atoms with E-state index in [-0.39, 0.29) is 22.6 Å². The minimum absolute atomic E-state index is 0.0249. The van der Waals surface area contributed by atoms with Crippen LogP contribution in [0.2, 0.25) is 0 Å². The fourth-order valence-corrected chi connectivity index (χ4v) is 1.82. The van der Waals surface area contributed by atoms with Crippen LogP contribution in [0.1, 0.15) is 31.8 Å². The lowest BCUT2D eigenvalue weighted by Crippen LogP contribution is -2.10. The molecule has 2 N–H and O–H groups in total. The van der Waals surface area contributed by atoms with E-state index in [9.17, 15) is 14.7 Å². The van der Waals surface area contributed by atoms with Crippen LogP contribution in [-0.4, -0.2) is 22.2 Å². The predicted octanol–water partition coefficient (Wildman–Crippen LogP) is 2.93. The molecule has 0 aliphatic carbocycles. The molecular weight excluding hydrogens is 272 g/mol. The zero-order valence-corrected chi connectivity index (χ0v) is 11.6. The lowest BCUT2D eigenvalue weighted by atomic mass is 10.1. The van der Waals surface area contributed by atoms with E-state index in [1.54, 1.807) is 32.0 Å². The van der Waals surface area contributed by atoms with Crippen LogP contribution in [0.5, 0.6) is 11.5 Å². The molecule has 108 valence electrons. The van der Waals surface area contributed by atoms with Crippen LogP contribution in [0, 0.1) is 13.8 Å². The number of carboxylic acid groups (broad SMARTS) is 1. The van der Waals surface area contributed by atoms with Crippen molar-refractivity contribution in [2.24, 2.45) is 0 Å². The molecule has 2 aromatic carbocycles. The Kier molecular flexibility index (Phi) is 3.93. The van der Waals surface area contributed by atoms with Crippen LogP contribution in [0.25, 0.3) is 0 Å². The van der Waals surface area contributed by atoms with Gasteiger partial charge in [-0.2, -0.15) is 0 Å². The van der Waals surface area contributed by atoms with Gasteiger partial charge in [0.25, 0.3) is 0 Å². The summed E-state index contributed by atoms with van der Waals surface area (Å²) in [5.41, 5.74) is 1.24. The standard InChI is InChI=1S/C16H14O5/c1-9-6-7-11(15(18)19)8-13(9)21-16(20)12-5-3-4-10(2)14(12)17/h3-8,17H,1-2H3,(H,18,19). The predicted molar refractivity (Wildman–Crippen MR) is 75.9 cm³/mol. The van der Waals surface area contributed by atoms with Gasteiger partial charge < -0.3 is 14.9 Å². The fourth-order valence-electron chi connectivity index (χ4n) is 1.82. The van der Waals surface area contributed by atoms with Crippen LogP contribution in [0.4, 0.5) is 0 Å². The first-order chi connectivity index (χ1) is 9.90. The Morgan fingerprint density at radius 2 is 1.76 bits per heavy atom. The molecule has 0 heterocycles. The highest BCUT2D eigenvalue weighted by Gasteiger charge is 2.16. The second-order valence-corrected chi connectivity index (χ2v) is 4.65. The molecule has 0 aliphatic heterocycles. The Morgan fingerprint density at radius 3 is 2.43 bits per heavy atom. The van der Waals surface area contributed by atoms with E-state index in [1.165, 1.54) is 18.2 Å². The van der Waals surface area contributed by atoms with E-state index in [1.807, 2.05) is 0 Å². The van der Waals surface area contributed by atoms with Gasteiger partial charge in [0.2, 0.25) is 0 Å². The summed E-state index contributed by atoms with van der Waals surface area (Å²) in [5, 5.41) is 18.8. The summed E-state index contributed by atoms with van der Waals surface area (Å²) in [6.45, 7) is 3.37. The van der Waals surface area contributed by atoms with Crippen molar-refractivity contribution in [2.75, 3.05) is 0 Å². The second kappa shape index (κ2) is 5.66. The molecule has 0 unspecified atom stereocenters. The maximum atomic E-state index is 12.1. The normalized spacial score (nSPS) is 10.2. The van der Waals surface area contributed by atoms with E-state index in [4.69, 9.17) is 9.84 Å². The molecule has 2 rings (SSSR count). The van der Waals surface area contributed by atoms with Gasteiger partial charge in [-0.15, -0.1) is 0 Å². The Balaban J connectivity index is 2.33. The number of aromatic hydroxyl groups is 1. The van der Waals surface area contributed by atoms with Crippen molar-refractivity contribution in [3.05, 3.63) is 58.7 Å². The highest BCUT2D eigenvalue weighted by Crippen LogP contribution is 2.25. The molecule has 0 saturated carbocycles. The Morgan fingerprint density at radius 1 is 1.05 bits per heavy atom.